The molecule has 1 aliphatic rings. The highest BCUT2D eigenvalue weighted by Gasteiger charge is 2.26. The van der Waals surface area contributed by atoms with Crippen molar-refractivity contribution in [2.45, 2.75) is 57.9 Å². The average Bonchev–Trinajstić information content (AvgIpc) is 2.57. The molecule has 4 heteroatoms. The van der Waals surface area contributed by atoms with E-state index in [1.54, 1.807) is 0 Å². The van der Waals surface area contributed by atoms with Gasteiger partial charge in [0.25, 0.3) is 0 Å². The van der Waals surface area contributed by atoms with Gasteiger partial charge in [0.2, 0.25) is 5.91 Å². The lowest BCUT2D eigenvalue weighted by Crippen LogP contribution is -2.52. The highest BCUT2D eigenvalue weighted by molar-refractivity contribution is 5.85. The minimum atomic E-state index is -0.715. The number of rotatable bonds is 6. The summed E-state index contributed by atoms with van der Waals surface area (Å²) >= 11 is 0. The normalized spacial score (nSPS) is 21.1. The smallest absolute Gasteiger partial charge is 0.239 e. The van der Waals surface area contributed by atoms with Gasteiger partial charge in [0.15, 0.2) is 0 Å². The maximum Gasteiger partial charge on any atom is 0.239 e. The Balaban J connectivity index is 2.21. The molecule has 18 heavy (non-hydrogen) atoms. The van der Waals surface area contributed by atoms with Crippen molar-refractivity contribution < 1.29 is 4.79 Å². The summed E-state index contributed by atoms with van der Waals surface area (Å²) in [4.78, 5) is 14.4. The Morgan fingerprint density at radius 2 is 1.89 bits per heavy atom. The number of nitrogens with zero attached hydrogens (tertiary/aromatic N) is 1. The summed E-state index contributed by atoms with van der Waals surface area (Å²) in [5.74, 6) is -0.0147. The van der Waals surface area contributed by atoms with E-state index in [0.717, 1.165) is 25.9 Å². The van der Waals surface area contributed by atoms with Crippen LogP contribution in [0.15, 0.2) is 0 Å². The molecule has 1 atom stereocenters. The molecule has 1 heterocycles. The summed E-state index contributed by atoms with van der Waals surface area (Å²) in [5.41, 5.74) is 5.27. The van der Waals surface area contributed by atoms with Crippen LogP contribution in [0, 0.1) is 0 Å². The molecule has 1 amide bonds. The van der Waals surface area contributed by atoms with E-state index in [2.05, 4.69) is 17.1 Å². The highest BCUT2D eigenvalue weighted by atomic mass is 16.2. The molecular formula is C14H29N3O. The predicted octanol–water partition coefficient (Wildman–Crippen LogP) is 1.50. The summed E-state index contributed by atoms with van der Waals surface area (Å²) < 4.78 is 0. The molecule has 0 spiro atoms. The number of nitrogens with one attached hydrogen (secondary N) is 1. The van der Waals surface area contributed by atoms with Crippen LogP contribution in [0.3, 0.4) is 0 Å². The number of amides is 1. The zero-order valence-electron chi connectivity index (χ0n) is 12.0. The standard InChI is InChI=1S/C14H29N3O/c1-3-8-14(2,15)13(18)16-9-12-17-10-6-4-5-7-11-17/h3-12,15H2,1-2H3,(H,16,18). The summed E-state index contributed by atoms with van der Waals surface area (Å²) in [6.45, 7) is 7.88. The molecule has 1 saturated heterocycles. The van der Waals surface area contributed by atoms with Crippen molar-refractivity contribution in [3.8, 4) is 0 Å². The minimum Gasteiger partial charge on any atom is -0.353 e. The third-order valence-corrected chi connectivity index (χ3v) is 3.70. The van der Waals surface area contributed by atoms with Crippen molar-refractivity contribution in [1.29, 1.82) is 0 Å². The van der Waals surface area contributed by atoms with Crippen LogP contribution < -0.4 is 11.1 Å². The Bertz CT molecular complexity index is 245. The van der Waals surface area contributed by atoms with Gasteiger partial charge >= 0.3 is 0 Å². The lowest BCUT2D eigenvalue weighted by Gasteiger charge is -2.24. The number of hydrogen-bond acceptors (Lipinski definition) is 3. The van der Waals surface area contributed by atoms with Crippen LogP contribution >= 0.6 is 0 Å². The van der Waals surface area contributed by atoms with Crippen LogP contribution in [0.2, 0.25) is 0 Å². The van der Waals surface area contributed by atoms with Gasteiger partial charge in [-0.2, -0.15) is 0 Å². The molecule has 0 aliphatic carbocycles. The Morgan fingerprint density at radius 1 is 1.28 bits per heavy atom. The van der Waals surface area contributed by atoms with E-state index >= 15 is 0 Å². The van der Waals surface area contributed by atoms with Gasteiger partial charge in [-0.25, -0.2) is 0 Å². The molecule has 4 nitrogen and oxygen atoms in total. The highest BCUT2D eigenvalue weighted by Crippen LogP contribution is 2.10. The van der Waals surface area contributed by atoms with E-state index in [-0.39, 0.29) is 5.91 Å². The van der Waals surface area contributed by atoms with Crippen LogP contribution in [0.25, 0.3) is 0 Å². The monoisotopic (exact) mass is 255 g/mol. The SMILES string of the molecule is CCCC(C)(N)C(=O)NCCN1CCCCCC1. The first-order chi connectivity index (χ1) is 8.56. The van der Waals surface area contributed by atoms with Gasteiger partial charge in [0.05, 0.1) is 5.54 Å². The fourth-order valence-corrected chi connectivity index (χ4v) is 2.52. The molecule has 3 N–H and O–H groups in total. The van der Waals surface area contributed by atoms with E-state index in [9.17, 15) is 4.79 Å². The largest absolute Gasteiger partial charge is 0.353 e. The van der Waals surface area contributed by atoms with Crippen molar-refractivity contribution in [3.05, 3.63) is 0 Å². The van der Waals surface area contributed by atoms with Crippen LogP contribution in [0.1, 0.15) is 52.4 Å². The second-order valence-electron chi connectivity index (χ2n) is 5.68. The zero-order chi connectivity index (χ0) is 13.4. The Hall–Kier alpha value is -0.610. The molecule has 1 rings (SSSR count). The molecular weight excluding hydrogens is 226 g/mol. The van der Waals surface area contributed by atoms with Gasteiger partial charge < -0.3 is 16.0 Å². The fourth-order valence-electron chi connectivity index (χ4n) is 2.52. The molecule has 0 bridgehead atoms. The van der Waals surface area contributed by atoms with Crippen molar-refractivity contribution in [2.24, 2.45) is 5.73 Å². The van der Waals surface area contributed by atoms with Gasteiger partial charge in [0.1, 0.15) is 0 Å². The first-order valence-corrected chi connectivity index (χ1v) is 7.36. The second-order valence-corrected chi connectivity index (χ2v) is 5.68. The zero-order valence-corrected chi connectivity index (χ0v) is 12.0. The molecule has 0 saturated carbocycles. The average molecular weight is 255 g/mol. The number of nitrogens with two attached hydrogens (primary N) is 1. The van der Waals surface area contributed by atoms with E-state index < -0.39 is 5.54 Å². The number of hydrogen-bond donors (Lipinski definition) is 2. The molecule has 1 unspecified atom stereocenters. The quantitative estimate of drug-likeness (QED) is 0.756. The minimum absolute atomic E-state index is 0.0147. The third kappa shape index (κ3) is 5.36. The summed E-state index contributed by atoms with van der Waals surface area (Å²) in [6, 6.07) is 0. The Labute approximate surface area is 111 Å². The maximum atomic E-state index is 11.9. The van der Waals surface area contributed by atoms with E-state index in [0.29, 0.717) is 0 Å². The Morgan fingerprint density at radius 3 is 2.44 bits per heavy atom. The lowest BCUT2D eigenvalue weighted by atomic mass is 9.97. The van der Waals surface area contributed by atoms with Gasteiger partial charge in [0, 0.05) is 13.1 Å². The molecule has 0 aromatic rings. The van der Waals surface area contributed by atoms with Gasteiger partial charge in [-0.15, -0.1) is 0 Å². The topological polar surface area (TPSA) is 58.4 Å². The number of carbonyl (C=O) groups excluding carboxylic acids is 1. The van der Waals surface area contributed by atoms with Gasteiger partial charge in [-0.1, -0.05) is 26.2 Å². The van der Waals surface area contributed by atoms with Crippen LogP contribution in [-0.4, -0.2) is 42.5 Å². The molecule has 1 aliphatic heterocycles. The van der Waals surface area contributed by atoms with Gasteiger partial charge in [-0.05, 0) is 39.3 Å². The second kappa shape index (κ2) is 7.74. The molecule has 0 aromatic carbocycles. The number of likely N-dealkylation sites (tertiary alicyclic amines) is 1. The van der Waals surface area contributed by atoms with Crippen molar-refractivity contribution in [3.63, 3.8) is 0 Å². The van der Waals surface area contributed by atoms with Gasteiger partial charge in [-0.3, -0.25) is 4.79 Å². The van der Waals surface area contributed by atoms with E-state index in [4.69, 9.17) is 5.73 Å². The Kier molecular flexibility index (Phi) is 6.65. The van der Waals surface area contributed by atoms with E-state index in [1.165, 1.54) is 38.8 Å². The first kappa shape index (κ1) is 15.4. The van der Waals surface area contributed by atoms with Crippen LogP contribution in [0.5, 0.6) is 0 Å². The van der Waals surface area contributed by atoms with E-state index in [1.807, 2.05) is 6.92 Å². The molecule has 0 aromatic heterocycles. The van der Waals surface area contributed by atoms with Crippen LogP contribution in [-0.2, 0) is 4.79 Å². The predicted molar refractivity (Wildman–Crippen MR) is 75.4 cm³/mol. The lowest BCUT2D eigenvalue weighted by molar-refractivity contribution is -0.126. The van der Waals surface area contributed by atoms with Crippen molar-refractivity contribution in [2.75, 3.05) is 26.2 Å². The van der Waals surface area contributed by atoms with Crippen molar-refractivity contribution in [1.82, 2.24) is 10.2 Å². The summed E-state index contributed by atoms with van der Waals surface area (Å²) in [6.07, 6.45) is 6.95. The first-order valence-electron chi connectivity index (χ1n) is 7.36. The van der Waals surface area contributed by atoms with Crippen molar-refractivity contribution >= 4 is 5.91 Å². The molecule has 106 valence electrons. The third-order valence-electron chi connectivity index (χ3n) is 3.70. The molecule has 1 fully saturated rings. The fraction of sp³-hybridized carbons (Fsp3) is 0.929. The van der Waals surface area contributed by atoms with Crippen LogP contribution in [0.4, 0.5) is 0 Å². The molecule has 0 radical (unpaired) electrons. The summed E-state index contributed by atoms with van der Waals surface area (Å²) in [5, 5.41) is 2.97. The maximum absolute atomic E-state index is 11.9. The summed E-state index contributed by atoms with van der Waals surface area (Å²) in [7, 11) is 0. The number of carbonyl (C=O) groups is 1.